The van der Waals surface area contributed by atoms with Gasteiger partial charge in [0.05, 0.1) is 0 Å². The standard InChI is InChI=1S/C12H27N/c1-9(2)6-10(3)7-11(4)8-12(5)13/h9-12H,6-8,13H2,1-5H3/t10-,11-,12?/m1/s1. The van der Waals surface area contributed by atoms with E-state index in [1.54, 1.807) is 0 Å². The van der Waals surface area contributed by atoms with Crippen LogP contribution in [0.3, 0.4) is 0 Å². The summed E-state index contributed by atoms with van der Waals surface area (Å²) in [4.78, 5) is 0. The maximum absolute atomic E-state index is 5.77. The second kappa shape index (κ2) is 6.42. The summed E-state index contributed by atoms with van der Waals surface area (Å²) in [6.07, 6.45) is 3.85. The van der Waals surface area contributed by atoms with Crippen LogP contribution in [0.1, 0.15) is 53.9 Å². The van der Waals surface area contributed by atoms with Gasteiger partial charge in [0.25, 0.3) is 0 Å². The zero-order valence-corrected chi connectivity index (χ0v) is 10.0. The Morgan fingerprint density at radius 1 is 0.769 bits per heavy atom. The molecule has 1 unspecified atom stereocenters. The van der Waals surface area contributed by atoms with Crippen LogP contribution in [0.2, 0.25) is 0 Å². The van der Waals surface area contributed by atoms with E-state index in [0.717, 1.165) is 17.8 Å². The molecule has 0 amide bonds. The van der Waals surface area contributed by atoms with E-state index < -0.39 is 0 Å². The first-order chi connectivity index (χ1) is 5.91. The summed E-state index contributed by atoms with van der Waals surface area (Å²) in [6.45, 7) is 11.4. The molecule has 0 radical (unpaired) electrons. The molecule has 0 bridgehead atoms. The van der Waals surface area contributed by atoms with Crippen molar-refractivity contribution < 1.29 is 0 Å². The van der Waals surface area contributed by atoms with Crippen LogP contribution in [0, 0.1) is 17.8 Å². The van der Waals surface area contributed by atoms with Crippen molar-refractivity contribution in [2.45, 2.75) is 59.9 Å². The Labute approximate surface area is 84.1 Å². The second-order valence-electron chi connectivity index (χ2n) is 5.29. The first-order valence-electron chi connectivity index (χ1n) is 5.67. The number of hydrogen-bond donors (Lipinski definition) is 1. The summed E-state index contributed by atoms with van der Waals surface area (Å²) in [7, 11) is 0. The van der Waals surface area contributed by atoms with Crippen LogP contribution >= 0.6 is 0 Å². The third-order valence-electron chi connectivity index (χ3n) is 2.45. The van der Waals surface area contributed by atoms with Gasteiger partial charge in [0, 0.05) is 6.04 Å². The predicted octanol–water partition coefficient (Wildman–Crippen LogP) is 3.43. The average Bonchev–Trinajstić information content (AvgIpc) is 1.80. The third-order valence-corrected chi connectivity index (χ3v) is 2.45. The second-order valence-corrected chi connectivity index (χ2v) is 5.29. The molecule has 0 aromatic heterocycles. The fourth-order valence-corrected chi connectivity index (χ4v) is 2.32. The predicted molar refractivity (Wildman–Crippen MR) is 60.7 cm³/mol. The molecule has 0 spiro atoms. The van der Waals surface area contributed by atoms with Crippen molar-refractivity contribution in [3.63, 3.8) is 0 Å². The largest absolute Gasteiger partial charge is 0.328 e. The molecule has 3 atom stereocenters. The van der Waals surface area contributed by atoms with Gasteiger partial charge in [-0.1, -0.05) is 27.7 Å². The Balaban J connectivity index is 3.58. The zero-order chi connectivity index (χ0) is 10.4. The van der Waals surface area contributed by atoms with Crippen molar-refractivity contribution in [1.82, 2.24) is 0 Å². The van der Waals surface area contributed by atoms with Crippen LogP contribution in [0.15, 0.2) is 0 Å². The molecule has 0 aliphatic heterocycles. The van der Waals surface area contributed by atoms with Gasteiger partial charge >= 0.3 is 0 Å². The summed E-state index contributed by atoms with van der Waals surface area (Å²) < 4.78 is 0. The van der Waals surface area contributed by atoms with Crippen molar-refractivity contribution in [1.29, 1.82) is 0 Å². The van der Waals surface area contributed by atoms with Gasteiger partial charge in [0.1, 0.15) is 0 Å². The zero-order valence-electron chi connectivity index (χ0n) is 10.0. The number of hydrogen-bond acceptors (Lipinski definition) is 1. The Bertz CT molecular complexity index is 104. The van der Waals surface area contributed by atoms with E-state index >= 15 is 0 Å². The summed E-state index contributed by atoms with van der Waals surface area (Å²) in [5, 5.41) is 0. The SMILES string of the molecule is CC(C)C[C@@H](C)C[C@@H](C)CC(C)N. The molecule has 1 nitrogen and oxygen atoms in total. The van der Waals surface area contributed by atoms with Gasteiger partial charge in [0.15, 0.2) is 0 Å². The van der Waals surface area contributed by atoms with Crippen molar-refractivity contribution in [2.24, 2.45) is 23.5 Å². The minimum atomic E-state index is 0.362. The van der Waals surface area contributed by atoms with Gasteiger partial charge in [-0.2, -0.15) is 0 Å². The molecule has 0 saturated carbocycles. The summed E-state index contributed by atoms with van der Waals surface area (Å²) in [5.41, 5.74) is 5.77. The lowest BCUT2D eigenvalue weighted by molar-refractivity contribution is 0.333. The van der Waals surface area contributed by atoms with Gasteiger partial charge in [0.2, 0.25) is 0 Å². The lowest BCUT2D eigenvalue weighted by atomic mass is 9.88. The first kappa shape index (κ1) is 13.0. The molecule has 2 N–H and O–H groups in total. The maximum atomic E-state index is 5.77. The average molecular weight is 185 g/mol. The molecule has 0 aromatic rings. The van der Waals surface area contributed by atoms with Crippen molar-refractivity contribution in [3.05, 3.63) is 0 Å². The third kappa shape index (κ3) is 8.29. The highest BCUT2D eigenvalue weighted by Gasteiger charge is 2.11. The molecule has 1 heteroatoms. The molecule has 0 heterocycles. The normalized spacial score (nSPS) is 18.7. The highest BCUT2D eigenvalue weighted by Crippen LogP contribution is 2.21. The first-order valence-corrected chi connectivity index (χ1v) is 5.67. The van der Waals surface area contributed by atoms with Crippen LogP contribution in [0.4, 0.5) is 0 Å². The summed E-state index contributed by atoms with van der Waals surface area (Å²) >= 11 is 0. The van der Waals surface area contributed by atoms with Crippen molar-refractivity contribution in [3.8, 4) is 0 Å². The van der Waals surface area contributed by atoms with Crippen LogP contribution in [-0.4, -0.2) is 6.04 Å². The van der Waals surface area contributed by atoms with Crippen molar-refractivity contribution >= 4 is 0 Å². The summed E-state index contributed by atoms with van der Waals surface area (Å²) in [5.74, 6) is 2.47. The van der Waals surface area contributed by atoms with Crippen LogP contribution in [0.5, 0.6) is 0 Å². The number of rotatable bonds is 6. The van der Waals surface area contributed by atoms with Gasteiger partial charge in [-0.15, -0.1) is 0 Å². The van der Waals surface area contributed by atoms with E-state index in [2.05, 4.69) is 34.6 Å². The van der Waals surface area contributed by atoms with E-state index in [9.17, 15) is 0 Å². The van der Waals surface area contributed by atoms with Gasteiger partial charge in [-0.25, -0.2) is 0 Å². The Morgan fingerprint density at radius 3 is 1.62 bits per heavy atom. The quantitative estimate of drug-likeness (QED) is 0.674. The minimum Gasteiger partial charge on any atom is -0.328 e. The van der Waals surface area contributed by atoms with Gasteiger partial charge in [-0.3, -0.25) is 0 Å². The molecule has 80 valence electrons. The Hall–Kier alpha value is -0.0400. The van der Waals surface area contributed by atoms with Crippen molar-refractivity contribution in [2.75, 3.05) is 0 Å². The van der Waals surface area contributed by atoms with Crippen LogP contribution < -0.4 is 5.73 Å². The fraction of sp³-hybridized carbons (Fsp3) is 1.00. The topological polar surface area (TPSA) is 26.0 Å². The molecule has 0 aromatic carbocycles. The highest BCUT2D eigenvalue weighted by atomic mass is 14.6. The fourth-order valence-electron chi connectivity index (χ4n) is 2.32. The smallest absolute Gasteiger partial charge is 0.00130 e. The van der Waals surface area contributed by atoms with Crippen LogP contribution in [0.25, 0.3) is 0 Å². The van der Waals surface area contributed by atoms with Crippen LogP contribution in [-0.2, 0) is 0 Å². The van der Waals surface area contributed by atoms with E-state index in [4.69, 9.17) is 5.73 Å². The van der Waals surface area contributed by atoms with E-state index in [-0.39, 0.29) is 0 Å². The van der Waals surface area contributed by atoms with Gasteiger partial charge < -0.3 is 5.73 Å². The summed E-state index contributed by atoms with van der Waals surface area (Å²) in [6, 6.07) is 0.362. The monoisotopic (exact) mass is 185 g/mol. The van der Waals surface area contributed by atoms with E-state index in [1.165, 1.54) is 19.3 Å². The molecule has 0 rings (SSSR count). The molecule has 0 fully saturated rings. The minimum absolute atomic E-state index is 0.362. The molecular weight excluding hydrogens is 158 g/mol. The van der Waals surface area contributed by atoms with Gasteiger partial charge in [-0.05, 0) is 43.9 Å². The molecular formula is C12H27N. The number of nitrogens with two attached hydrogens (primary N) is 1. The molecule has 13 heavy (non-hydrogen) atoms. The molecule has 0 aliphatic carbocycles. The highest BCUT2D eigenvalue weighted by molar-refractivity contribution is 4.65. The molecule has 0 saturated heterocycles. The van der Waals surface area contributed by atoms with E-state index in [0.29, 0.717) is 6.04 Å². The Kier molecular flexibility index (Phi) is 6.40. The lowest BCUT2D eigenvalue weighted by Gasteiger charge is -2.20. The lowest BCUT2D eigenvalue weighted by Crippen LogP contribution is -2.19. The Morgan fingerprint density at radius 2 is 1.23 bits per heavy atom. The molecule has 0 aliphatic rings. The van der Waals surface area contributed by atoms with E-state index in [1.807, 2.05) is 0 Å². The maximum Gasteiger partial charge on any atom is 0.00130 e.